The fourth-order valence-corrected chi connectivity index (χ4v) is 1.19. The number of benzene rings is 1. The first kappa shape index (κ1) is 12.7. The molecule has 1 unspecified atom stereocenters. The number of rotatable bonds is 4. The molecule has 0 heterocycles. The van der Waals surface area contributed by atoms with Gasteiger partial charge in [-0.05, 0) is 17.7 Å². The molecule has 1 radical (unpaired) electrons. The Labute approximate surface area is 97.7 Å². The van der Waals surface area contributed by atoms with E-state index in [0.717, 1.165) is 0 Å². The summed E-state index contributed by atoms with van der Waals surface area (Å²) >= 11 is 0. The van der Waals surface area contributed by atoms with Gasteiger partial charge in [0.2, 0.25) is 0 Å². The van der Waals surface area contributed by atoms with E-state index >= 15 is 0 Å². The zero-order chi connectivity index (χ0) is 12.8. The summed E-state index contributed by atoms with van der Waals surface area (Å²) < 4.78 is 4.82. The summed E-state index contributed by atoms with van der Waals surface area (Å²) in [5.41, 5.74) is 7.30. The van der Waals surface area contributed by atoms with Crippen molar-refractivity contribution in [3.05, 3.63) is 29.8 Å². The zero-order valence-corrected chi connectivity index (χ0v) is 9.10. The van der Waals surface area contributed by atoms with Gasteiger partial charge < -0.3 is 14.8 Å². The van der Waals surface area contributed by atoms with Gasteiger partial charge in [-0.2, -0.15) is 0 Å². The average Bonchev–Trinajstić information content (AvgIpc) is 2.31. The van der Waals surface area contributed by atoms with Crippen LogP contribution in [-0.4, -0.2) is 25.3 Å². The maximum absolute atomic E-state index is 10.9. The van der Waals surface area contributed by atoms with Crippen molar-refractivity contribution in [3.63, 3.8) is 0 Å². The monoisotopic (exact) mass is 235 g/mol. The first-order valence-corrected chi connectivity index (χ1v) is 4.78. The fourth-order valence-electron chi connectivity index (χ4n) is 1.19. The van der Waals surface area contributed by atoms with Gasteiger partial charge in [0.1, 0.15) is 18.0 Å². The third kappa shape index (κ3) is 3.30. The van der Waals surface area contributed by atoms with E-state index in [9.17, 15) is 14.4 Å². The molecule has 0 fully saturated rings. The Morgan fingerprint density at radius 1 is 1.35 bits per heavy atom. The molecule has 1 rings (SSSR count). The van der Waals surface area contributed by atoms with Crippen LogP contribution >= 0.6 is 0 Å². The zero-order valence-electron chi connectivity index (χ0n) is 9.10. The minimum atomic E-state index is -1.09. The molecule has 1 aromatic rings. The largest absolute Gasteiger partial charge is 0.412 e. The molecule has 0 saturated heterocycles. The van der Waals surface area contributed by atoms with Crippen molar-refractivity contribution in [3.8, 4) is 5.75 Å². The van der Waals surface area contributed by atoms with Crippen LogP contribution in [-0.2, 0) is 9.59 Å². The SMILES string of the molecule is CNC(=O)Oc1ccc(C(C=O)C([NH])=O)cc1. The van der Waals surface area contributed by atoms with Crippen LogP contribution in [0.25, 0.3) is 0 Å². The first-order chi connectivity index (χ1) is 8.08. The van der Waals surface area contributed by atoms with Gasteiger partial charge in [0.25, 0.3) is 5.91 Å². The lowest BCUT2D eigenvalue weighted by Gasteiger charge is -2.07. The van der Waals surface area contributed by atoms with Crippen molar-refractivity contribution in [2.24, 2.45) is 0 Å². The number of amides is 2. The van der Waals surface area contributed by atoms with Crippen LogP contribution in [0.5, 0.6) is 5.75 Å². The number of aldehydes is 1. The number of nitrogens with one attached hydrogen (secondary N) is 2. The second-order valence-electron chi connectivity index (χ2n) is 3.19. The van der Waals surface area contributed by atoms with Gasteiger partial charge in [0, 0.05) is 7.05 Å². The predicted octanol–water partition coefficient (Wildman–Crippen LogP) is 0.497. The van der Waals surface area contributed by atoms with Crippen molar-refractivity contribution in [2.45, 2.75) is 5.92 Å². The van der Waals surface area contributed by atoms with E-state index in [2.05, 4.69) is 5.32 Å². The highest BCUT2D eigenvalue weighted by atomic mass is 16.5. The molecule has 6 nitrogen and oxygen atoms in total. The van der Waals surface area contributed by atoms with Crippen molar-refractivity contribution in [1.82, 2.24) is 11.1 Å². The highest BCUT2D eigenvalue weighted by Gasteiger charge is 2.17. The Balaban J connectivity index is 2.83. The van der Waals surface area contributed by atoms with Crippen molar-refractivity contribution >= 4 is 18.3 Å². The molecule has 6 heteroatoms. The molecular formula is C11H11N2O4. The van der Waals surface area contributed by atoms with Crippen LogP contribution in [0.1, 0.15) is 11.5 Å². The summed E-state index contributed by atoms with van der Waals surface area (Å²) in [7, 11) is 1.43. The minimum absolute atomic E-state index is 0.287. The van der Waals surface area contributed by atoms with Crippen LogP contribution in [0, 0.1) is 0 Å². The van der Waals surface area contributed by atoms with Crippen LogP contribution in [0.15, 0.2) is 24.3 Å². The molecule has 0 aliphatic heterocycles. The van der Waals surface area contributed by atoms with E-state index in [-0.39, 0.29) is 5.75 Å². The van der Waals surface area contributed by atoms with Crippen LogP contribution < -0.4 is 15.8 Å². The molecule has 2 N–H and O–H groups in total. The molecule has 0 aliphatic carbocycles. The average molecular weight is 235 g/mol. The third-order valence-electron chi connectivity index (χ3n) is 2.07. The molecule has 0 aromatic heterocycles. The number of hydrogen-bond donors (Lipinski definition) is 1. The number of hydrogen-bond acceptors (Lipinski definition) is 4. The van der Waals surface area contributed by atoms with E-state index in [0.29, 0.717) is 11.8 Å². The Kier molecular flexibility index (Phi) is 4.21. The van der Waals surface area contributed by atoms with Crippen molar-refractivity contribution < 1.29 is 19.1 Å². The van der Waals surface area contributed by atoms with E-state index < -0.39 is 17.9 Å². The minimum Gasteiger partial charge on any atom is -0.410 e. The topological polar surface area (TPSA) is 96.3 Å². The van der Waals surface area contributed by atoms with Crippen molar-refractivity contribution in [2.75, 3.05) is 7.05 Å². The Morgan fingerprint density at radius 3 is 2.35 bits per heavy atom. The van der Waals surface area contributed by atoms with Crippen LogP contribution in [0.4, 0.5) is 4.79 Å². The van der Waals surface area contributed by atoms with Gasteiger partial charge in [-0.25, -0.2) is 4.79 Å². The summed E-state index contributed by atoms with van der Waals surface area (Å²) in [5.74, 6) is -1.78. The molecule has 0 bridgehead atoms. The Morgan fingerprint density at radius 2 is 1.94 bits per heavy atom. The second-order valence-corrected chi connectivity index (χ2v) is 3.19. The Hall–Kier alpha value is -2.37. The highest BCUT2D eigenvalue weighted by molar-refractivity contribution is 5.96. The first-order valence-electron chi connectivity index (χ1n) is 4.78. The molecule has 1 atom stereocenters. The lowest BCUT2D eigenvalue weighted by Crippen LogP contribution is -2.22. The van der Waals surface area contributed by atoms with Gasteiger partial charge in [-0.15, -0.1) is 0 Å². The second kappa shape index (κ2) is 5.64. The maximum Gasteiger partial charge on any atom is 0.412 e. The quantitative estimate of drug-likeness (QED) is 0.607. The summed E-state index contributed by atoms with van der Waals surface area (Å²) in [6.45, 7) is 0. The molecular weight excluding hydrogens is 224 g/mol. The maximum atomic E-state index is 10.9. The van der Waals surface area contributed by atoms with Crippen LogP contribution in [0.2, 0.25) is 0 Å². The van der Waals surface area contributed by atoms with E-state index in [1.165, 1.54) is 31.3 Å². The number of ether oxygens (including phenoxy) is 1. The van der Waals surface area contributed by atoms with Gasteiger partial charge in [0.05, 0.1) is 0 Å². The molecule has 0 spiro atoms. The lowest BCUT2D eigenvalue weighted by atomic mass is 10.0. The Bertz CT molecular complexity index is 428. The van der Waals surface area contributed by atoms with E-state index in [1.54, 1.807) is 0 Å². The van der Waals surface area contributed by atoms with Gasteiger partial charge >= 0.3 is 6.09 Å². The molecule has 2 amide bonds. The highest BCUT2D eigenvalue weighted by Crippen LogP contribution is 2.18. The number of carbonyl (C=O) groups excluding carboxylic acids is 3. The summed E-state index contributed by atoms with van der Waals surface area (Å²) in [6, 6.07) is 5.82. The van der Waals surface area contributed by atoms with Crippen molar-refractivity contribution in [1.29, 1.82) is 0 Å². The molecule has 1 aromatic carbocycles. The smallest absolute Gasteiger partial charge is 0.410 e. The van der Waals surface area contributed by atoms with Gasteiger partial charge in [-0.1, -0.05) is 12.1 Å². The molecule has 0 saturated carbocycles. The molecule has 17 heavy (non-hydrogen) atoms. The van der Waals surface area contributed by atoms with Crippen LogP contribution in [0.3, 0.4) is 0 Å². The van der Waals surface area contributed by atoms with Gasteiger partial charge in [0.15, 0.2) is 0 Å². The van der Waals surface area contributed by atoms with E-state index in [1.807, 2.05) is 0 Å². The number of carbonyl (C=O) groups is 3. The third-order valence-corrected chi connectivity index (χ3v) is 2.07. The van der Waals surface area contributed by atoms with E-state index in [4.69, 9.17) is 10.5 Å². The predicted molar refractivity (Wildman–Crippen MR) is 58.4 cm³/mol. The fraction of sp³-hybridized carbons (Fsp3) is 0.182. The normalized spacial score (nSPS) is 11.4. The summed E-state index contributed by atoms with van der Waals surface area (Å²) in [4.78, 5) is 32.3. The summed E-state index contributed by atoms with van der Waals surface area (Å²) in [5, 5.41) is 2.28. The molecule has 89 valence electrons. The lowest BCUT2D eigenvalue weighted by molar-refractivity contribution is -0.123. The standard InChI is InChI=1S/C11H11N2O4/c1-13-11(16)17-8-4-2-7(3-5-8)9(6-14)10(12)15/h2-6,9,12H,1H3,(H,13,16). The molecule has 0 aliphatic rings. The van der Waals surface area contributed by atoms with Gasteiger partial charge in [-0.3, -0.25) is 10.5 Å². The summed E-state index contributed by atoms with van der Waals surface area (Å²) in [6.07, 6.45) is -0.203.